The Kier molecular flexibility index (Phi) is 6.67. The molecule has 0 aliphatic rings. The van der Waals surface area contributed by atoms with E-state index in [0.717, 1.165) is 19.1 Å². The molecule has 1 unspecified atom stereocenters. The summed E-state index contributed by atoms with van der Waals surface area (Å²) in [5, 5.41) is 2.80. The van der Waals surface area contributed by atoms with Crippen LogP contribution in [0.1, 0.15) is 26.7 Å². The number of sulfonamides is 1. The van der Waals surface area contributed by atoms with Gasteiger partial charge in [-0.05, 0) is 37.6 Å². The van der Waals surface area contributed by atoms with Crippen LogP contribution in [0.3, 0.4) is 0 Å². The highest BCUT2D eigenvalue weighted by Crippen LogP contribution is 2.20. The van der Waals surface area contributed by atoms with Crippen molar-refractivity contribution >= 4 is 21.6 Å². The minimum Gasteiger partial charge on any atom is -0.481 e. The number of rotatable bonds is 8. The third-order valence-corrected chi connectivity index (χ3v) is 4.42. The minimum atomic E-state index is -3.29. The molecule has 6 nitrogen and oxygen atoms in total. The SMILES string of the molecule is CCCCNC(=O)C(C)Oc1ccc(N(C)S(C)(=O)=O)cc1. The van der Waals surface area contributed by atoms with Crippen LogP contribution in [0.25, 0.3) is 0 Å². The first-order valence-corrected chi connectivity index (χ1v) is 9.09. The first-order valence-electron chi connectivity index (χ1n) is 7.24. The average Bonchev–Trinajstić information content (AvgIpc) is 2.46. The summed E-state index contributed by atoms with van der Waals surface area (Å²) in [4.78, 5) is 11.8. The number of nitrogens with zero attached hydrogens (tertiary/aromatic N) is 1. The standard InChI is InChI=1S/C15H24N2O4S/c1-5-6-11-16-15(18)12(2)21-14-9-7-13(8-10-14)17(3)22(4,19)20/h7-10,12H,5-6,11H2,1-4H3,(H,16,18). The van der Waals surface area contributed by atoms with Gasteiger partial charge in [-0.3, -0.25) is 9.10 Å². The average molecular weight is 328 g/mol. The number of ether oxygens (including phenoxy) is 1. The van der Waals surface area contributed by atoms with E-state index >= 15 is 0 Å². The summed E-state index contributed by atoms with van der Waals surface area (Å²) >= 11 is 0. The Hall–Kier alpha value is -1.76. The van der Waals surface area contributed by atoms with E-state index in [9.17, 15) is 13.2 Å². The Balaban J connectivity index is 2.62. The molecule has 1 aromatic carbocycles. The molecule has 0 aromatic heterocycles. The number of carbonyl (C=O) groups is 1. The molecule has 22 heavy (non-hydrogen) atoms. The summed E-state index contributed by atoms with van der Waals surface area (Å²) < 4.78 is 29.6. The van der Waals surface area contributed by atoms with E-state index in [2.05, 4.69) is 12.2 Å². The van der Waals surface area contributed by atoms with Crippen molar-refractivity contribution in [2.45, 2.75) is 32.8 Å². The third kappa shape index (κ3) is 5.55. The fourth-order valence-corrected chi connectivity index (χ4v) is 2.22. The second-order valence-corrected chi connectivity index (χ2v) is 7.14. The Labute approximate surface area is 132 Å². The largest absolute Gasteiger partial charge is 0.481 e. The summed E-state index contributed by atoms with van der Waals surface area (Å²) in [6, 6.07) is 6.57. The summed E-state index contributed by atoms with van der Waals surface area (Å²) in [7, 11) is -1.81. The number of nitrogens with one attached hydrogen (secondary N) is 1. The smallest absolute Gasteiger partial charge is 0.260 e. The zero-order valence-corrected chi connectivity index (χ0v) is 14.3. The Morgan fingerprint density at radius 3 is 2.41 bits per heavy atom. The van der Waals surface area contributed by atoms with Crippen molar-refractivity contribution < 1.29 is 17.9 Å². The first-order chi connectivity index (χ1) is 10.3. The molecular formula is C15H24N2O4S. The predicted octanol–water partition coefficient (Wildman–Crippen LogP) is 1.77. The van der Waals surface area contributed by atoms with Crippen molar-refractivity contribution in [3.05, 3.63) is 24.3 Å². The van der Waals surface area contributed by atoms with Crippen LogP contribution in [-0.2, 0) is 14.8 Å². The lowest BCUT2D eigenvalue weighted by Crippen LogP contribution is -2.36. The number of hydrogen-bond donors (Lipinski definition) is 1. The fraction of sp³-hybridized carbons (Fsp3) is 0.533. The van der Waals surface area contributed by atoms with Gasteiger partial charge < -0.3 is 10.1 Å². The molecule has 0 saturated carbocycles. The van der Waals surface area contributed by atoms with E-state index < -0.39 is 16.1 Å². The molecule has 1 N–H and O–H groups in total. The van der Waals surface area contributed by atoms with Crippen LogP contribution in [0.5, 0.6) is 5.75 Å². The molecule has 1 amide bonds. The summed E-state index contributed by atoms with van der Waals surface area (Å²) in [5.41, 5.74) is 0.537. The Bertz CT molecular complexity index is 584. The van der Waals surface area contributed by atoms with Gasteiger partial charge in [-0.25, -0.2) is 8.42 Å². The van der Waals surface area contributed by atoms with Crippen LogP contribution in [0.2, 0.25) is 0 Å². The highest BCUT2D eigenvalue weighted by atomic mass is 32.2. The van der Waals surface area contributed by atoms with Gasteiger partial charge in [0.2, 0.25) is 10.0 Å². The van der Waals surface area contributed by atoms with Crippen LogP contribution in [0, 0.1) is 0 Å². The second kappa shape index (κ2) is 8.03. The van der Waals surface area contributed by atoms with Gasteiger partial charge in [-0.15, -0.1) is 0 Å². The number of amides is 1. The zero-order valence-electron chi connectivity index (χ0n) is 13.5. The quantitative estimate of drug-likeness (QED) is 0.738. The zero-order chi connectivity index (χ0) is 16.8. The van der Waals surface area contributed by atoms with Crippen LogP contribution >= 0.6 is 0 Å². The number of carbonyl (C=O) groups excluding carboxylic acids is 1. The lowest BCUT2D eigenvalue weighted by atomic mass is 10.3. The van der Waals surface area contributed by atoms with Crippen molar-refractivity contribution in [1.82, 2.24) is 5.32 Å². The van der Waals surface area contributed by atoms with Crippen molar-refractivity contribution in [3.8, 4) is 5.75 Å². The molecule has 0 aliphatic carbocycles. The molecule has 1 atom stereocenters. The van der Waals surface area contributed by atoms with Crippen LogP contribution < -0.4 is 14.4 Å². The Morgan fingerprint density at radius 2 is 1.91 bits per heavy atom. The van der Waals surface area contributed by atoms with Gasteiger partial charge in [0, 0.05) is 13.6 Å². The predicted molar refractivity (Wildman–Crippen MR) is 87.7 cm³/mol. The first kappa shape index (κ1) is 18.3. The molecule has 0 radical (unpaired) electrons. The highest BCUT2D eigenvalue weighted by Gasteiger charge is 2.15. The summed E-state index contributed by atoms with van der Waals surface area (Å²) in [6.07, 6.45) is 2.49. The molecule has 0 bridgehead atoms. The molecule has 1 rings (SSSR count). The maximum atomic E-state index is 11.8. The van der Waals surface area contributed by atoms with E-state index in [0.29, 0.717) is 18.0 Å². The van der Waals surface area contributed by atoms with Crippen molar-refractivity contribution in [3.63, 3.8) is 0 Å². The summed E-state index contributed by atoms with van der Waals surface area (Å²) in [6.45, 7) is 4.38. The molecule has 7 heteroatoms. The number of benzene rings is 1. The lowest BCUT2D eigenvalue weighted by molar-refractivity contribution is -0.127. The highest BCUT2D eigenvalue weighted by molar-refractivity contribution is 7.92. The van der Waals surface area contributed by atoms with Gasteiger partial charge in [0.15, 0.2) is 6.10 Å². The van der Waals surface area contributed by atoms with Gasteiger partial charge in [0.1, 0.15) is 5.75 Å². The van der Waals surface area contributed by atoms with Crippen LogP contribution in [-0.4, -0.2) is 40.3 Å². The minimum absolute atomic E-state index is 0.161. The van der Waals surface area contributed by atoms with Crippen molar-refractivity contribution in [2.75, 3.05) is 24.2 Å². The van der Waals surface area contributed by atoms with E-state index in [1.807, 2.05) is 0 Å². The van der Waals surface area contributed by atoms with Gasteiger partial charge in [-0.2, -0.15) is 0 Å². The van der Waals surface area contributed by atoms with Crippen LogP contribution in [0.15, 0.2) is 24.3 Å². The molecular weight excluding hydrogens is 304 g/mol. The van der Waals surface area contributed by atoms with Crippen molar-refractivity contribution in [2.24, 2.45) is 0 Å². The molecule has 0 heterocycles. The van der Waals surface area contributed by atoms with Gasteiger partial charge in [0.05, 0.1) is 11.9 Å². The molecule has 124 valence electrons. The maximum absolute atomic E-state index is 11.8. The molecule has 0 saturated heterocycles. The number of anilines is 1. The van der Waals surface area contributed by atoms with Gasteiger partial charge >= 0.3 is 0 Å². The van der Waals surface area contributed by atoms with E-state index in [1.165, 1.54) is 11.4 Å². The second-order valence-electron chi connectivity index (χ2n) is 5.13. The fourth-order valence-electron chi connectivity index (χ4n) is 1.72. The van der Waals surface area contributed by atoms with Gasteiger partial charge in [-0.1, -0.05) is 13.3 Å². The number of hydrogen-bond acceptors (Lipinski definition) is 4. The number of unbranched alkanes of at least 4 members (excludes halogenated alkanes) is 1. The lowest BCUT2D eigenvalue weighted by Gasteiger charge is -2.18. The molecule has 1 aromatic rings. The monoisotopic (exact) mass is 328 g/mol. The van der Waals surface area contributed by atoms with E-state index in [1.54, 1.807) is 31.2 Å². The topological polar surface area (TPSA) is 75.7 Å². The van der Waals surface area contributed by atoms with E-state index in [-0.39, 0.29) is 5.91 Å². The normalized spacial score (nSPS) is 12.5. The molecule has 0 fully saturated rings. The van der Waals surface area contributed by atoms with E-state index in [4.69, 9.17) is 4.74 Å². The Morgan fingerprint density at radius 1 is 1.32 bits per heavy atom. The van der Waals surface area contributed by atoms with Crippen molar-refractivity contribution in [1.29, 1.82) is 0 Å². The molecule has 0 aliphatic heterocycles. The van der Waals surface area contributed by atoms with Crippen LogP contribution in [0.4, 0.5) is 5.69 Å². The summed E-state index contributed by atoms with van der Waals surface area (Å²) in [5.74, 6) is 0.356. The van der Waals surface area contributed by atoms with Gasteiger partial charge in [0.25, 0.3) is 5.91 Å². The maximum Gasteiger partial charge on any atom is 0.260 e. The third-order valence-electron chi connectivity index (χ3n) is 3.21. The molecule has 0 spiro atoms.